The van der Waals surface area contributed by atoms with Gasteiger partial charge in [-0.05, 0) is 86.3 Å². The minimum absolute atomic E-state index is 1.13. The van der Waals surface area contributed by atoms with Crippen molar-refractivity contribution < 1.29 is 0 Å². The molecule has 0 aliphatic heterocycles. The van der Waals surface area contributed by atoms with E-state index in [1.807, 2.05) is 11.3 Å². The molecular formula is C44H29NS. The van der Waals surface area contributed by atoms with Crippen LogP contribution in [0.15, 0.2) is 176 Å². The average Bonchev–Trinajstić information content (AvgIpc) is 3.52. The Kier molecular flexibility index (Phi) is 6.40. The Morgan fingerprint density at radius 1 is 0.348 bits per heavy atom. The highest BCUT2D eigenvalue weighted by Crippen LogP contribution is 2.44. The van der Waals surface area contributed by atoms with Gasteiger partial charge in [-0.2, -0.15) is 0 Å². The molecule has 0 unspecified atom stereocenters. The summed E-state index contributed by atoms with van der Waals surface area (Å²) in [6.45, 7) is 0. The van der Waals surface area contributed by atoms with Crippen LogP contribution in [0.1, 0.15) is 0 Å². The van der Waals surface area contributed by atoms with Crippen LogP contribution in [-0.4, -0.2) is 0 Å². The van der Waals surface area contributed by atoms with Crippen LogP contribution in [0.25, 0.3) is 64.0 Å². The first-order chi connectivity index (χ1) is 22.8. The molecule has 0 N–H and O–H groups in total. The molecule has 9 rings (SSSR count). The van der Waals surface area contributed by atoms with E-state index in [9.17, 15) is 0 Å². The maximum absolute atomic E-state index is 2.34. The number of rotatable bonds is 5. The smallest absolute Gasteiger partial charge is 0.0462 e. The van der Waals surface area contributed by atoms with Crippen molar-refractivity contribution in [3.8, 4) is 22.3 Å². The first kappa shape index (κ1) is 26.7. The molecule has 0 fully saturated rings. The number of thiophene rings is 1. The van der Waals surface area contributed by atoms with Crippen molar-refractivity contribution in [3.63, 3.8) is 0 Å². The third kappa shape index (κ3) is 4.46. The molecule has 0 amide bonds. The van der Waals surface area contributed by atoms with Gasteiger partial charge >= 0.3 is 0 Å². The van der Waals surface area contributed by atoms with E-state index in [0.717, 1.165) is 17.1 Å². The van der Waals surface area contributed by atoms with Crippen molar-refractivity contribution in [1.29, 1.82) is 0 Å². The van der Waals surface area contributed by atoms with Crippen LogP contribution in [0, 0.1) is 0 Å². The first-order valence-corrected chi connectivity index (χ1v) is 16.5. The zero-order valence-electron chi connectivity index (χ0n) is 25.1. The molecule has 1 nitrogen and oxygen atoms in total. The maximum atomic E-state index is 2.34. The number of hydrogen-bond donors (Lipinski definition) is 0. The Hall–Kier alpha value is -5.70. The van der Waals surface area contributed by atoms with Crippen molar-refractivity contribution in [1.82, 2.24) is 0 Å². The lowest BCUT2D eigenvalue weighted by molar-refractivity contribution is 1.28. The molecule has 0 aliphatic rings. The van der Waals surface area contributed by atoms with Crippen LogP contribution in [0.2, 0.25) is 0 Å². The quantitative estimate of drug-likeness (QED) is 0.189. The minimum Gasteiger partial charge on any atom is -0.311 e. The van der Waals surface area contributed by atoms with Crippen LogP contribution in [0.5, 0.6) is 0 Å². The van der Waals surface area contributed by atoms with E-state index in [2.05, 4.69) is 181 Å². The lowest BCUT2D eigenvalue weighted by atomic mass is 9.98. The molecule has 216 valence electrons. The Labute approximate surface area is 272 Å². The lowest BCUT2D eigenvalue weighted by Crippen LogP contribution is -2.09. The van der Waals surface area contributed by atoms with Crippen molar-refractivity contribution >= 4 is 70.1 Å². The van der Waals surface area contributed by atoms with E-state index in [1.165, 1.54) is 64.0 Å². The third-order valence-electron chi connectivity index (χ3n) is 9.06. The molecule has 9 aromatic rings. The van der Waals surface area contributed by atoms with Crippen LogP contribution in [0.4, 0.5) is 17.1 Å². The van der Waals surface area contributed by atoms with E-state index >= 15 is 0 Å². The van der Waals surface area contributed by atoms with Crippen LogP contribution in [0.3, 0.4) is 0 Å². The van der Waals surface area contributed by atoms with Gasteiger partial charge in [-0.25, -0.2) is 0 Å². The van der Waals surface area contributed by atoms with Gasteiger partial charge < -0.3 is 4.90 Å². The fraction of sp³-hybridized carbons (Fsp3) is 0. The lowest BCUT2D eigenvalue weighted by Gasteiger charge is -2.26. The van der Waals surface area contributed by atoms with Gasteiger partial charge in [-0.3, -0.25) is 0 Å². The normalized spacial score (nSPS) is 11.5. The average molecular weight is 604 g/mol. The van der Waals surface area contributed by atoms with Crippen LogP contribution in [-0.2, 0) is 0 Å². The van der Waals surface area contributed by atoms with Gasteiger partial charge in [-0.1, -0.05) is 133 Å². The van der Waals surface area contributed by atoms with Gasteiger partial charge in [-0.15, -0.1) is 11.3 Å². The molecule has 1 heterocycles. The fourth-order valence-electron chi connectivity index (χ4n) is 6.88. The van der Waals surface area contributed by atoms with E-state index < -0.39 is 0 Å². The second-order valence-corrected chi connectivity index (χ2v) is 12.8. The summed E-state index contributed by atoms with van der Waals surface area (Å²) in [6.07, 6.45) is 0. The highest BCUT2D eigenvalue weighted by atomic mass is 32.1. The zero-order valence-corrected chi connectivity index (χ0v) is 25.9. The summed E-state index contributed by atoms with van der Waals surface area (Å²) in [5, 5.41) is 7.83. The molecule has 46 heavy (non-hydrogen) atoms. The monoisotopic (exact) mass is 603 g/mol. The number of para-hydroxylation sites is 1. The van der Waals surface area contributed by atoms with Gasteiger partial charge in [0.25, 0.3) is 0 Å². The summed E-state index contributed by atoms with van der Waals surface area (Å²) >= 11 is 1.89. The molecular weight excluding hydrogens is 575 g/mol. The predicted octanol–water partition coefficient (Wildman–Crippen LogP) is 13.2. The van der Waals surface area contributed by atoms with E-state index in [0.29, 0.717) is 0 Å². The van der Waals surface area contributed by atoms with Crippen molar-refractivity contribution in [3.05, 3.63) is 176 Å². The fourth-order valence-corrected chi connectivity index (χ4v) is 8.13. The SMILES string of the molecule is c1ccc(N(c2ccc(-c3cccc4ccccc34)cc2)c2ccc(-c3cccc4c3sc3ccc5ccccc5c34)cc2)cc1. The van der Waals surface area contributed by atoms with Crippen molar-refractivity contribution in [2.45, 2.75) is 0 Å². The van der Waals surface area contributed by atoms with Crippen molar-refractivity contribution in [2.24, 2.45) is 0 Å². The highest BCUT2D eigenvalue weighted by molar-refractivity contribution is 7.26. The number of anilines is 3. The van der Waals surface area contributed by atoms with E-state index in [-0.39, 0.29) is 0 Å². The molecule has 0 radical (unpaired) electrons. The van der Waals surface area contributed by atoms with Gasteiger partial charge in [0.05, 0.1) is 0 Å². The summed E-state index contributed by atoms with van der Waals surface area (Å²) in [4.78, 5) is 2.34. The largest absolute Gasteiger partial charge is 0.311 e. The van der Waals surface area contributed by atoms with Gasteiger partial charge in [0.2, 0.25) is 0 Å². The zero-order chi connectivity index (χ0) is 30.5. The Bertz CT molecular complexity index is 2500. The standard InChI is InChI=1S/C44H29NS/c1-2-13-34(14-3-1)45(35-25-20-32(21-26-35)38-17-8-12-30-10-4-6-15-37(30)38)36-27-22-33(23-28-36)40-18-9-19-41-43-39-16-7-5-11-31(39)24-29-42(43)46-44(40)41/h1-29H. The molecule has 1 aromatic heterocycles. The summed E-state index contributed by atoms with van der Waals surface area (Å²) in [7, 11) is 0. The molecule has 0 bridgehead atoms. The summed E-state index contributed by atoms with van der Waals surface area (Å²) in [5.74, 6) is 0. The van der Waals surface area contributed by atoms with E-state index in [4.69, 9.17) is 0 Å². The molecule has 8 aromatic carbocycles. The summed E-state index contributed by atoms with van der Waals surface area (Å²) < 4.78 is 2.67. The Morgan fingerprint density at radius 3 is 1.61 bits per heavy atom. The topological polar surface area (TPSA) is 3.24 Å². The van der Waals surface area contributed by atoms with Gasteiger partial charge in [0, 0.05) is 37.2 Å². The number of hydrogen-bond acceptors (Lipinski definition) is 2. The number of fused-ring (bicyclic) bond motifs is 6. The van der Waals surface area contributed by atoms with Crippen LogP contribution < -0.4 is 4.90 Å². The highest BCUT2D eigenvalue weighted by Gasteiger charge is 2.16. The molecule has 0 atom stereocenters. The second-order valence-electron chi connectivity index (χ2n) is 11.7. The van der Waals surface area contributed by atoms with Crippen molar-refractivity contribution in [2.75, 3.05) is 4.90 Å². The molecule has 0 aliphatic carbocycles. The number of benzene rings is 8. The summed E-state index contributed by atoms with van der Waals surface area (Å²) in [6, 6.07) is 63.7. The predicted molar refractivity (Wildman–Crippen MR) is 200 cm³/mol. The molecule has 0 saturated heterocycles. The molecule has 0 spiro atoms. The molecule has 2 heteroatoms. The number of nitrogens with zero attached hydrogens (tertiary/aromatic N) is 1. The second kappa shape index (κ2) is 11.0. The first-order valence-electron chi connectivity index (χ1n) is 15.7. The van der Waals surface area contributed by atoms with E-state index in [1.54, 1.807) is 0 Å². The van der Waals surface area contributed by atoms with Gasteiger partial charge in [0.1, 0.15) is 0 Å². The third-order valence-corrected chi connectivity index (χ3v) is 10.3. The summed E-state index contributed by atoms with van der Waals surface area (Å²) in [5.41, 5.74) is 8.36. The molecule has 0 saturated carbocycles. The van der Waals surface area contributed by atoms with Gasteiger partial charge in [0.15, 0.2) is 0 Å². The van der Waals surface area contributed by atoms with Crippen LogP contribution >= 0.6 is 11.3 Å². The Balaban J connectivity index is 1.12. The Morgan fingerprint density at radius 2 is 0.870 bits per heavy atom. The minimum atomic E-state index is 1.13. The maximum Gasteiger partial charge on any atom is 0.0462 e.